The lowest BCUT2D eigenvalue weighted by atomic mass is 10.00. The van der Waals surface area contributed by atoms with Crippen LogP contribution >= 0.6 is 11.6 Å². The molecule has 1 unspecified atom stereocenters. The lowest BCUT2D eigenvalue weighted by Crippen LogP contribution is -2.23. The minimum Gasteiger partial charge on any atom is -0.478 e. The van der Waals surface area contributed by atoms with Gasteiger partial charge in [-0.3, -0.25) is 4.79 Å². The van der Waals surface area contributed by atoms with Crippen molar-refractivity contribution in [1.29, 1.82) is 0 Å². The number of carboxylic acid groups (broad SMARTS) is 1. The highest BCUT2D eigenvalue weighted by molar-refractivity contribution is 6.31. The van der Waals surface area contributed by atoms with Crippen LogP contribution in [0.5, 0.6) is 0 Å². The van der Waals surface area contributed by atoms with Crippen LogP contribution in [-0.2, 0) is 11.2 Å². The quantitative estimate of drug-likeness (QED) is 0.868. The molecule has 0 aliphatic rings. The zero-order valence-corrected chi connectivity index (χ0v) is 13.1. The first-order chi connectivity index (χ1) is 10.9. The fourth-order valence-electron chi connectivity index (χ4n) is 2.17. The van der Waals surface area contributed by atoms with E-state index in [1.807, 2.05) is 0 Å². The molecule has 0 aliphatic carbocycles. The second kappa shape index (κ2) is 7.24. The lowest BCUT2D eigenvalue weighted by Gasteiger charge is -2.14. The van der Waals surface area contributed by atoms with Gasteiger partial charge in [0, 0.05) is 10.9 Å². The Morgan fingerprint density at radius 2 is 2.00 bits per heavy atom. The highest BCUT2D eigenvalue weighted by atomic mass is 35.5. The van der Waals surface area contributed by atoms with Crippen molar-refractivity contribution >= 4 is 29.2 Å². The second-order valence-electron chi connectivity index (χ2n) is 5.22. The molecule has 0 bridgehead atoms. The summed E-state index contributed by atoms with van der Waals surface area (Å²) in [5.41, 5.74) is 0.791. The van der Waals surface area contributed by atoms with Gasteiger partial charge in [-0.1, -0.05) is 30.7 Å². The molecule has 4 nitrogen and oxygen atoms in total. The molecule has 120 valence electrons. The van der Waals surface area contributed by atoms with Gasteiger partial charge in [0.2, 0.25) is 5.91 Å². The molecule has 2 rings (SSSR count). The van der Waals surface area contributed by atoms with Crippen LogP contribution in [-0.4, -0.2) is 17.0 Å². The van der Waals surface area contributed by atoms with Crippen LogP contribution in [0.3, 0.4) is 0 Å². The second-order valence-corrected chi connectivity index (χ2v) is 5.66. The maximum Gasteiger partial charge on any atom is 0.337 e. The molecule has 0 heterocycles. The number of benzene rings is 2. The number of carbonyl (C=O) groups is 2. The fraction of sp³-hybridized carbons (Fsp3) is 0.176. The summed E-state index contributed by atoms with van der Waals surface area (Å²) in [6.07, 6.45) is 0.340. The molecule has 0 aromatic heterocycles. The average molecular weight is 336 g/mol. The van der Waals surface area contributed by atoms with Crippen molar-refractivity contribution in [3.8, 4) is 0 Å². The number of carboxylic acids is 1. The molecule has 23 heavy (non-hydrogen) atoms. The number of rotatable bonds is 5. The third-order valence-electron chi connectivity index (χ3n) is 3.35. The maximum absolute atomic E-state index is 13.2. The number of amides is 1. The van der Waals surface area contributed by atoms with Gasteiger partial charge in [-0.2, -0.15) is 0 Å². The highest BCUT2D eigenvalue weighted by Gasteiger charge is 2.18. The molecule has 1 atom stereocenters. The van der Waals surface area contributed by atoms with Gasteiger partial charge in [0.15, 0.2) is 0 Å². The van der Waals surface area contributed by atoms with Crippen LogP contribution in [0.2, 0.25) is 5.02 Å². The van der Waals surface area contributed by atoms with Gasteiger partial charge < -0.3 is 10.4 Å². The Morgan fingerprint density at radius 1 is 1.26 bits per heavy atom. The average Bonchev–Trinajstić information content (AvgIpc) is 2.46. The summed E-state index contributed by atoms with van der Waals surface area (Å²) >= 11 is 5.85. The van der Waals surface area contributed by atoms with Crippen LogP contribution in [0.4, 0.5) is 10.1 Å². The predicted octanol–water partition coefficient (Wildman–Crippen LogP) is 3.99. The Kier molecular flexibility index (Phi) is 5.34. The van der Waals surface area contributed by atoms with Crippen LogP contribution in [0.1, 0.15) is 22.8 Å². The zero-order chi connectivity index (χ0) is 17.0. The molecule has 0 fully saturated rings. The van der Waals surface area contributed by atoms with Gasteiger partial charge in [0.05, 0.1) is 11.3 Å². The van der Waals surface area contributed by atoms with E-state index in [0.29, 0.717) is 17.0 Å². The summed E-state index contributed by atoms with van der Waals surface area (Å²) in [4.78, 5) is 23.4. The summed E-state index contributed by atoms with van der Waals surface area (Å²) in [6.45, 7) is 1.69. The number of hydrogen-bond donors (Lipinski definition) is 2. The van der Waals surface area contributed by atoms with Crippen molar-refractivity contribution in [1.82, 2.24) is 0 Å². The van der Waals surface area contributed by atoms with Crippen LogP contribution in [0.15, 0.2) is 42.5 Å². The smallest absolute Gasteiger partial charge is 0.337 e. The third kappa shape index (κ3) is 4.53. The normalized spacial score (nSPS) is 11.8. The highest BCUT2D eigenvalue weighted by Crippen LogP contribution is 2.22. The van der Waals surface area contributed by atoms with Gasteiger partial charge in [0.25, 0.3) is 0 Å². The number of halogens is 2. The predicted molar refractivity (Wildman–Crippen MR) is 86.3 cm³/mol. The van der Waals surface area contributed by atoms with Gasteiger partial charge in [-0.15, -0.1) is 0 Å². The van der Waals surface area contributed by atoms with E-state index < -0.39 is 11.9 Å². The molecule has 2 aromatic carbocycles. The van der Waals surface area contributed by atoms with Crippen molar-refractivity contribution in [2.45, 2.75) is 13.3 Å². The number of carbonyl (C=O) groups excluding carboxylic acids is 1. The summed E-state index contributed by atoms with van der Waals surface area (Å²) in [5, 5.41) is 12.0. The molecule has 1 amide bonds. The van der Waals surface area contributed by atoms with Crippen molar-refractivity contribution in [2.24, 2.45) is 5.92 Å². The standard InChI is InChI=1S/C17H15ClFNO3/c1-10(7-11-3-2-4-13(19)8-11)16(21)20-15-9-12(18)5-6-14(15)17(22)23/h2-6,8-10H,7H2,1H3,(H,20,21)(H,22,23). The molecule has 0 saturated heterocycles. The van der Waals surface area contributed by atoms with Gasteiger partial charge in [-0.25, -0.2) is 9.18 Å². The number of nitrogens with one attached hydrogen (secondary N) is 1. The molecule has 6 heteroatoms. The first kappa shape index (κ1) is 17.0. The van der Waals surface area contributed by atoms with E-state index >= 15 is 0 Å². The summed E-state index contributed by atoms with van der Waals surface area (Å²) < 4.78 is 13.2. The zero-order valence-electron chi connectivity index (χ0n) is 12.3. The molecular formula is C17H15ClFNO3. The molecular weight excluding hydrogens is 321 g/mol. The number of aromatic carboxylic acids is 1. The molecule has 0 spiro atoms. The Morgan fingerprint density at radius 3 is 2.65 bits per heavy atom. The van der Waals surface area contributed by atoms with E-state index in [0.717, 1.165) is 0 Å². The first-order valence-electron chi connectivity index (χ1n) is 6.95. The van der Waals surface area contributed by atoms with E-state index in [1.54, 1.807) is 19.1 Å². The van der Waals surface area contributed by atoms with Crippen molar-refractivity contribution < 1.29 is 19.1 Å². The van der Waals surface area contributed by atoms with Crippen molar-refractivity contribution in [2.75, 3.05) is 5.32 Å². The van der Waals surface area contributed by atoms with Gasteiger partial charge in [-0.05, 0) is 42.3 Å². The van der Waals surface area contributed by atoms with E-state index in [2.05, 4.69) is 5.32 Å². The Balaban J connectivity index is 2.12. The maximum atomic E-state index is 13.2. The molecule has 0 aliphatic heterocycles. The largest absolute Gasteiger partial charge is 0.478 e. The molecule has 2 aromatic rings. The number of hydrogen-bond acceptors (Lipinski definition) is 2. The molecule has 2 N–H and O–H groups in total. The summed E-state index contributed by atoms with van der Waals surface area (Å²) in [7, 11) is 0. The van der Waals surface area contributed by atoms with E-state index in [1.165, 1.54) is 30.3 Å². The molecule has 0 radical (unpaired) electrons. The Bertz CT molecular complexity index is 748. The van der Waals surface area contributed by atoms with Gasteiger partial charge >= 0.3 is 5.97 Å². The number of anilines is 1. The fourth-order valence-corrected chi connectivity index (χ4v) is 2.34. The van der Waals surface area contributed by atoms with E-state index in [9.17, 15) is 14.0 Å². The van der Waals surface area contributed by atoms with E-state index in [-0.39, 0.29) is 23.0 Å². The molecule has 0 saturated carbocycles. The van der Waals surface area contributed by atoms with Crippen LogP contribution in [0.25, 0.3) is 0 Å². The lowest BCUT2D eigenvalue weighted by molar-refractivity contribution is -0.119. The minimum atomic E-state index is -1.16. The van der Waals surface area contributed by atoms with Crippen molar-refractivity contribution in [3.05, 3.63) is 64.4 Å². The van der Waals surface area contributed by atoms with Crippen molar-refractivity contribution in [3.63, 3.8) is 0 Å². The van der Waals surface area contributed by atoms with Gasteiger partial charge in [0.1, 0.15) is 5.82 Å². The summed E-state index contributed by atoms with van der Waals surface area (Å²) in [6, 6.07) is 10.2. The Hall–Kier alpha value is -2.40. The minimum absolute atomic E-state index is 0.0410. The topological polar surface area (TPSA) is 66.4 Å². The Labute approximate surface area is 137 Å². The summed E-state index contributed by atoms with van der Waals surface area (Å²) in [5.74, 6) is -2.34. The van der Waals surface area contributed by atoms with E-state index in [4.69, 9.17) is 16.7 Å². The van der Waals surface area contributed by atoms with Crippen LogP contribution in [0, 0.1) is 11.7 Å². The first-order valence-corrected chi connectivity index (χ1v) is 7.33. The monoisotopic (exact) mass is 335 g/mol. The SMILES string of the molecule is CC(Cc1cccc(F)c1)C(=O)Nc1cc(Cl)ccc1C(=O)O. The van der Waals surface area contributed by atoms with Crippen LogP contribution < -0.4 is 5.32 Å². The third-order valence-corrected chi connectivity index (χ3v) is 3.58.